The first-order valence-corrected chi connectivity index (χ1v) is 3.06. The van der Waals surface area contributed by atoms with Gasteiger partial charge in [0.1, 0.15) is 0 Å². The van der Waals surface area contributed by atoms with Crippen LogP contribution in [0.3, 0.4) is 0 Å². The molecule has 0 saturated heterocycles. The maximum atomic E-state index is 5.40. The molecule has 38 valence electrons. The maximum Gasteiger partial charge on any atom is 0.0665 e. The molecule has 7 heavy (non-hydrogen) atoms. The fourth-order valence-corrected chi connectivity index (χ4v) is 0.804. The van der Waals surface area contributed by atoms with Crippen molar-refractivity contribution < 1.29 is 0 Å². The van der Waals surface area contributed by atoms with Gasteiger partial charge in [-0.25, -0.2) is 0 Å². The number of nitrogens with zero attached hydrogens (tertiary/aromatic N) is 2. The van der Waals surface area contributed by atoms with Crippen LogP contribution in [0.25, 0.3) is 0 Å². The summed E-state index contributed by atoms with van der Waals surface area (Å²) in [4.78, 5) is 1.02. The first kappa shape index (κ1) is 5.00. The van der Waals surface area contributed by atoms with Crippen LogP contribution < -0.4 is 0 Å². The van der Waals surface area contributed by atoms with Crippen molar-refractivity contribution in [3.05, 3.63) is 11.1 Å². The summed E-state index contributed by atoms with van der Waals surface area (Å²) < 4.78 is 3.60. The van der Waals surface area contributed by atoms with E-state index in [0.29, 0.717) is 5.88 Å². The summed E-state index contributed by atoms with van der Waals surface area (Å²) in [7, 11) is 0. The van der Waals surface area contributed by atoms with E-state index in [2.05, 4.69) is 9.59 Å². The minimum atomic E-state index is 0.525. The number of hydrogen-bond donors (Lipinski definition) is 0. The molecule has 0 aliphatic carbocycles. The van der Waals surface area contributed by atoms with E-state index < -0.39 is 0 Å². The Bertz CT molecular complexity index is 127. The van der Waals surface area contributed by atoms with Crippen molar-refractivity contribution in [3.63, 3.8) is 0 Å². The number of hydrogen-bond acceptors (Lipinski definition) is 3. The lowest BCUT2D eigenvalue weighted by Gasteiger charge is -1.72. The molecule has 0 N–H and O–H groups in total. The Hall–Kier alpha value is -0.150. The van der Waals surface area contributed by atoms with E-state index in [9.17, 15) is 0 Å². The smallest absolute Gasteiger partial charge is 0.0665 e. The number of rotatable bonds is 1. The molecule has 0 aliphatic rings. The summed E-state index contributed by atoms with van der Waals surface area (Å²) in [6.07, 6.45) is 1.66. The van der Waals surface area contributed by atoms with Crippen molar-refractivity contribution in [3.8, 4) is 0 Å². The quantitative estimate of drug-likeness (QED) is 0.541. The van der Waals surface area contributed by atoms with Gasteiger partial charge in [-0.05, 0) is 11.5 Å². The SMILES string of the molecule is ClCc1cnns1. The van der Waals surface area contributed by atoms with Crippen LogP contribution in [0.2, 0.25) is 0 Å². The van der Waals surface area contributed by atoms with Gasteiger partial charge >= 0.3 is 0 Å². The molecule has 0 amide bonds. The van der Waals surface area contributed by atoms with E-state index in [1.54, 1.807) is 6.20 Å². The molecule has 0 spiro atoms. The van der Waals surface area contributed by atoms with Gasteiger partial charge in [0.05, 0.1) is 17.0 Å². The first-order chi connectivity index (χ1) is 3.43. The van der Waals surface area contributed by atoms with E-state index >= 15 is 0 Å². The molecule has 1 rings (SSSR count). The minimum absolute atomic E-state index is 0.525. The third-order valence-electron chi connectivity index (χ3n) is 0.539. The second-order valence-corrected chi connectivity index (χ2v) is 2.15. The first-order valence-electron chi connectivity index (χ1n) is 1.75. The third-order valence-corrected chi connectivity index (χ3v) is 1.65. The summed E-state index contributed by atoms with van der Waals surface area (Å²) >= 11 is 6.73. The van der Waals surface area contributed by atoms with Crippen LogP contribution in [0.1, 0.15) is 4.88 Å². The van der Waals surface area contributed by atoms with E-state index in [0.717, 1.165) is 4.88 Å². The average Bonchev–Trinajstić information content (AvgIpc) is 2.14. The second kappa shape index (κ2) is 2.23. The van der Waals surface area contributed by atoms with E-state index in [1.807, 2.05) is 0 Å². The van der Waals surface area contributed by atoms with Gasteiger partial charge in [-0.1, -0.05) is 4.49 Å². The van der Waals surface area contributed by atoms with Gasteiger partial charge in [-0.15, -0.1) is 16.7 Å². The zero-order chi connectivity index (χ0) is 5.11. The number of alkyl halides is 1. The molecule has 1 heterocycles. The fraction of sp³-hybridized carbons (Fsp3) is 0.333. The van der Waals surface area contributed by atoms with Crippen molar-refractivity contribution >= 4 is 23.1 Å². The van der Waals surface area contributed by atoms with Gasteiger partial charge in [0.2, 0.25) is 0 Å². The lowest BCUT2D eigenvalue weighted by Crippen LogP contribution is -1.60. The summed E-state index contributed by atoms with van der Waals surface area (Å²) in [5.74, 6) is 0.525. The minimum Gasteiger partial charge on any atom is -0.146 e. The molecule has 1 aromatic rings. The molecule has 0 aliphatic heterocycles. The van der Waals surface area contributed by atoms with E-state index in [-0.39, 0.29) is 0 Å². The molecule has 0 unspecified atom stereocenters. The summed E-state index contributed by atoms with van der Waals surface area (Å²) in [5.41, 5.74) is 0. The van der Waals surface area contributed by atoms with Crippen molar-refractivity contribution in [1.82, 2.24) is 9.59 Å². The molecule has 1 aromatic heterocycles. The Morgan fingerprint density at radius 1 is 1.86 bits per heavy atom. The molecule has 0 atom stereocenters. The molecule has 0 bridgehead atoms. The van der Waals surface area contributed by atoms with Crippen molar-refractivity contribution in [2.75, 3.05) is 0 Å². The Morgan fingerprint density at radius 2 is 2.71 bits per heavy atom. The normalized spacial score (nSPS) is 9.29. The van der Waals surface area contributed by atoms with Crippen LogP contribution in [-0.2, 0) is 5.88 Å². The van der Waals surface area contributed by atoms with Gasteiger partial charge in [0.15, 0.2) is 0 Å². The fourth-order valence-electron chi connectivity index (χ4n) is 0.246. The Balaban J connectivity index is 2.76. The van der Waals surface area contributed by atoms with Gasteiger partial charge in [-0.2, -0.15) is 0 Å². The molecule has 0 aromatic carbocycles. The molecular weight excluding hydrogens is 132 g/mol. The largest absolute Gasteiger partial charge is 0.146 e. The van der Waals surface area contributed by atoms with Crippen LogP contribution in [0, 0.1) is 0 Å². The van der Waals surface area contributed by atoms with Gasteiger partial charge in [0.25, 0.3) is 0 Å². The number of halogens is 1. The monoisotopic (exact) mass is 134 g/mol. The summed E-state index contributed by atoms with van der Waals surface area (Å²) in [5, 5.41) is 3.58. The highest BCUT2D eigenvalue weighted by Gasteiger charge is 1.87. The number of aromatic nitrogens is 2. The highest BCUT2D eigenvalue weighted by molar-refractivity contribution is 7.05. The molecular formula is C3H3ClN2S. The topological polar surface area (TPSA) is 25.8 Å². The molecule has 0 fully saturated rings. The highest BCUT2D eigenvalue weighted by Crippen LogP contribution is 2.03. The lowest BCUT2D eigenvalue weighted by atomic mass is 10.6. The van der Waals surface area contributed by atoms with Crippen LogP contribution in [0.5, 0.6) is 0 Å². The van der Waals surface area contributed by atoms with Crippen LogP contribution in [-0.4, -0.2) is 9.59 Å². The zero-order valence-corrected chi connectivity index (χ0v) is 5.04. The predicted molar refractivity (Wildman–Crippen MR) is 29.5 cm³/mol. The van der Waals surface area contributed by atoms with Crippen molar-refractivity contribution in [2.24, 2.45) is 0 Å². The standard InChI is InChI=1S/C3H3ClN2S/c4-1-3-2-5-6-7-3/h2H,1H2. The lowest BCUT2D eigenvalue weighted by molar-refractivity contribution is 1.15. The molecule has 0 saturated carbocycles. The van der Waals surface area contributed by atoms with Gasteiger partial charge in [-0.3, -0.25) is 0 Å². The highest BCUT2D eigenvalue weighted by atomic mass is 35.5. The van der Waals surface area contributed by atoms with Gasteiger partial charge in [0, 0.05) is 0 Å². The van der Waals surface area contributed by atoms with Crippen molar-refractivity contribution in [1.29, 1.82) is 0 Å². The van der Waals surface area contributed by atoms with Crippen LogP contribution in [0.4, 0.5) is 0 Å². The summed E-state index contributed by atoms with van der Waals surface area (Å²) in [6.45, 7) is 0. The Kier molecular flexibility index (Phi) is 1.59. The second-order valence-electron chi connectivity index (χ2n) is 1.02. The molecule has 2 nitrogen and oxygen atoms in total. The zero-order valence-electron chi connectivity index (χ0n) is 3.47. The molecule has 0 radical (unpaired) electrons. The van der Waals surface area contributed by atoms with Crippen LogP contribution >= 0.6 is 23.1 Å². The maximum absolute atomic E-state index is 5.40. The third kappa shape index (κ3) is 1.11. The van der Waals surface area contributed by atoms with Crippen molar-refractivity contribution in [2.45, 2.75) is 5.88 Å². The van der Waals surface area contributed by atoms with Crippen LogP contribution in [0.15, 0.2) is 6.20 Å². The summed E-state index contributed by atoms with van der Waals surface area (Å²) in [6, 6.07) is 0. The van der Waals surface area contributed by atoms with Gasteiger partial charge < -0.3 is 0 Å². The Morgan fingerprint density at radius 3 is 3.00 bits per heavy atom. The predicted octanol–water partition coefficient (Wildman–Crippen LogP) is 1.28. The Labute approximate surface area is 50.3 Å². The molecule has 4 heteroatoms. The van der Waals surface area contributed by atoms with E-state index in [1.165, 1.54) is 11.5 Å². The van der Waals surface area contributed by atoms with E-state index in [4.69, 9.17) is 11.6 Å². The average molecular weight is 135 g/mol.